The molecule has 0 saturated heterocycles. The van der Waals surface area contributed by atoms with Gasteiger partial charge >= 0.3 is 0 Å². The van der Waals surface area contributed by atoms with Gasteiger partial charge in [-0.05, 0) is 24.3 Å². The molecule has 3 aromatic heterocycles. The van der Waals surface area contributed by atoms with E-state index in [1.807, 2.05) is 19.0 Å². The van der Waals surface area contributed by atoms with E-state index in [-0.39, 0.29) is 4.90 Å². The van der Waals surface area contributed by atoms with Crippen molar-refractivity contribution in [3.8, 4) is 0 Å². The van der Waals surface area contributed by atoms with E-state index >= 15 is 0 Å². The first kappa shape index (κ1) is 14.3. The van der Waals surface area contributed by atoms with Gasteiger partial charge in [-0.25, -0.2) is 18.4 Å². The van der Waals surface area contributed by atoms with Crippen molar-refractivity contribution in [2.45, 2.75) is 4.90 Å². The number of rotatable bonds is 4. The second-order valence-electron chi connectivity index (χ2n) is 4.96. The molecule has 0 spiro atoms. The smallest absolute Gasteiger partial charge is 0.264 e. The van der Waals surface area contributed by atoms with Gasteiger partial charge in [0.25, 0.3) is 10.0 Å². The molecule has 0 radical (unpaired) electrons. The summed E-state index contributed by atoms with van der Waals surface area (Å²) >= 11 is 0. The normalized spacial score (nSPS) is 11.5. The van der Waals surface area contributed by atoms with Crippen molar-refractivity contribution in [1.82, 2.24) is 15.0 Å². The standard InChI is InChI=1S/C14H15N5O2S/c1-19(2)13-6-5-10(8-16-13)18-22(20,21)12-9-17-14-11(12)4-3-7-15-14/h3-9,18H,1-2H3,(H,15,17). The maximum atomic E-state index is 12.5. The van der Waals surface area contributed by atoms with Gasteiger partial charge in [-0.3, -0.25) is 4.72 Å². The molecule has 0 aliphatic heterocycles. The minimum atomic E-state index is -3.70. The van der Waals surface area contributed by atoms with Crippen LogP contribution in [0.1, 0.15) is 0 Å². The van der Waals surface area contributed by atoms with Crippen LogP contribution in [0.3, 0.4) is 0 Å². The minimum Gasteiger partial charge on any atom is -0.363 e. The van der Waals surface area contributed by atoms with Crippen molar-refractivity contribution in [3.63, 3.8) is 0 Å². The monoisotopic (exact) mass is 317 g/mol. The fourth-order valence-electron chi connectivity index (χ4n) is 2.07. The van der Waals surface area contributed by atoms with Crippen molar-refractivity contribution in [1.29, 1.82) is 0 Å². The summed E-state index contributed by atoms with van der Waals surface area (Å²) in [5, 5.41) is 0.549. The Morgan fingerprint density at radius 2 is 2.00 bits per heavy atom. The van der Waals surface area contributed by atoms with Crippen LogP contribution in [0.15, 0.2) is 47.8 Å². The average molecular weight is 317 g/mol. The molecule has 0 fully saturated rings. The third kappa shape index (κ3) is 2.60. The largest absolute Gasteiger partial charge is 0.363 e. The van der Waals surface area contributed by atoms with E-state index < -0.39 is 10.0 Å². The highest BCUT2D eigenvalue weighted by atomic mass is 32.2. The van der Waals surface area contributed by atoms with Gasteiger partial charge in [-0.2, -0.15) is 0 Å². The minimum absolute atomic E-state index is 0.160. The Labute approximate surface area is 128 Å². The molecule has 22 heavy (non-hydrogen) atoms. The van der Waals surface area contributed by atoms with Crippen LogP contribution in [-0.2, 0) is 10.0 Å². The zero-order valence-corrected chi connectivity index (χ0v) is 12.9. The van der Waals surface area contributed by atoms with Crippen LogP contribution in [0.2, 0.25) is 0 Å². The summed E-state index contributed by atoms with van der Waals surface area (Å²) in [4.78, 5) is 13.1. The lowest BCUT2D eigenvalue weighted by molar-refractivity contribution is 0.602. The number of fused-ring (bicyclic) bond motifs is 1. The van der Waals surface area contributed by atoms with E-state index in [4.69, 9.17) is 0 Å². The van der Waals surface area contributed by atoms with Crippen molar-refractivity contribution in [3.05, 3.63) is 42.9 Å². The molecule has 0 aliphatic rings. The molecule has 7 nitrogen and oxygen atoms in total. The molecular weight excluding hydrogens is 302 g/mol. The number of nitrogens with zero attached hydrogens (tertiary/aromatic N) is 3. The summed E-state index contributed by atoms with van der Waals surface area (Å²) in [5.41, 5.74) is 0.938. The van der Waals surface area contributed by atoms with Crippen LogP contribution < -0.4 is 9.62 Å². The van der Waals surface area contributed by atoms with Crippen molar-refractivity contribution in [2.24, 2.45) is 0 Å². The lowest BCUT2D eigenvalue weighted by Gasteiger charge is -2.12. The van der Waals surface area contributed by atoms with Crippen LogP contribution >= 0.6 is 0 Å². The molecule has 0 unspecified atom stereocenters. The molecule has 0 aliphatic carbocycles. The van der Waals surface area contributed by atoms with Crippen molar-refractivity contribution >= 4 is 32.6 Å². The van der Waals surface area contributed by atoms with Crippen molar-refractivity contribution < 1.29 is 8.42 Å². The van der Waals surface area contributed by atoms with Gasteiger partial charge in [0.1, 0.15) is 16.4 Å². The van der Waals surface area contributed by atoms with Crippen LogP contribution in [0, 0.1) is 0 Å². The number of anilines is 2. The van der Waals surface area contributed by atoms with Gasteiger partial charge in [-0.1, -0.05) is 0 Å². The van der Waals surface area contributed by atoms with Crippen LogP contribution in [-0.4, -0.2) is 37.5 Å². The second-order valence-corrected chi connectivity index (χ2v) is 6.61. The average Bonchev–Trinajstić information content (AvgIpc) is 2.92. The topological polar surface area (TPSA) is 91.0 Å². The first-order valence-electron chi connectivity index (χ1n) is 6.56. The predicted molar refractivity (Wildman–Crippen MR) is 85.5 cm³/mol. The first-order valence-corrected chi connectivity index (χ1v) is 8.04. The van der Waals surface area contributed by atoms with E-state index in [9.17, 15) is 8.42 Å². The van der Waals surface area contributed by atoms with Crippen LogP contribution in [0.25, 0.3) is 11.0 Å². The third-order valence-corrected chi connectivity index (χ3v) is 4.58. The van der Waals surface area contributed by atoms with E-state index in [0.29, 0.717) is 16.7 Å². The summed E-state index contributed by atoms with van der Waals surface area (Å²) in [6.07, 6.45) is 4.52. The molecule has 3 rings (SSSR count). The van der Waals surface area contributed by atoms with E-state index in [2.05, 4.69) is 19.7 Å². The molecule has 8 heteroatoms. The number of H-pyrrole nitrogens is 1. The first-order chi connectivity index (χ1) is 10.5. The summed E-state index contributed by atoms with van der Waals surface area (Å²) in [5.74, 6) is 0.749. The molecule has 0 aromatic carbocycles. The highest BCUT2D eigenvalue weighted by Gasteiger charge is 2.19. The highest BCUT2D eigenvalue weighted by molar-refractivity contribution is 7.93. The molecule has 0 atom stereocenters. The fraction of sp³-hybridized carbons (Fsp3) is 0.143. The molecule has 0 saturated carbocycles. The zero-order chi connectivity index (χ0) is 15.7. The van der Waals surface area contributed by atoms with Crippen molar-refractivity contribution in [2.75, 3.05) is 23.7 Å². The molecular formula is C14H15N5O2S. The predicted octanol–water partition coefficient (Wildman–Crippen LogP) is 1.82. The number of aromatic nitrogens is 3. The third-order valence-electron chi connectivity index (χ3n) is 3.16. The SMILES string of the molecule is CN(C)c1ccc(NS(=O)(=O)c2c[nH]c3ncccc23)cn1. The molecule has 3 aromatic rings. The van der Waals surface area contributed by atoms with Gasteiger partial charge in [0, 0.05) is 31.9 Å². The number of pyridine rings is 2. The lowest BCUT2D eigenvalue weighted by atomic mass is 10.3. The Kier molecular flexibility index (Phi) is 3.45. The number of hydrogen-bond acceptors (Lipinski definition) is 5. The quantitative estimate of drug-likeness (QED) is 0.766. The van der Waals surface area contributed by atoms with Gasteiger partial charge < -0.3 is 9.88 Å². The van der Waals surface area contributed by atoms with E-state index in [0.717, 1.165) is 5.82 Å². The molecule has 2 N–H and O–H groups in total. The van der Waals surface area contributed by atoms with Gasteiger partial charge in [0.05, 0.1) is 11.9 Å². The number of sulfonamides is 1. The summed E-state index contributed by atoms with van der Waals surface area (Å²) in [6, 6.07) is 6.82. The Morgan fingerprint density at radius 1 is 1.18 bits per heavy atom. The number of nitrogens with one attached hydrogen (secondary N) is 2. The fourth-order valence-corrected chi connectivity index (χ4v) is 3.28. The zero-order valence-electron chi connectivity index (χ0n) is 12.1. The number of hydrogen-bond donors (Lipinski definition) is 2. The van der Waals surface area contributed by atoms with Crippen LogP contribution in [0.5, 0.6) is 0 Å². The number of aromatic amines is 1. The maximum absolute atomic E-state index is 12.5. The Hall–Kier alpha value is -2.61. The molecule has 3 heterocycles. The highest BCUT2D eigenvalue weighted by Crippen LogP contribution is 2.23. The Morgan fingerprint density at radius 3 is 2.68 bits per heavy atom. The maximum Gasteiger partial charge on any atom is 0.264 e. The Balaban J connectivity index is 1.93. The molecule has 0 amide bonds. The van der Waals surface area contributed by atoms with Crippen LogP contribution in [0.4, 0.5) is 11.5 Å². The summed E-state index contributed by atoms with van der Waals surface area (Å²) < 4.78 is 27.5. The lowest BCUT2D eigenvalue weighted by Crippen LogP contribution is -2.14. The van der Waals surface area contributed by atoms with Gasteiger partial charge in [0.2, 0.25) is 0 Å². The Bertz CT molecular complexity index is 900. The van der Waals surface area contributed by atoms with E-state index in [1.54, 1.807) is 30.5 Å². The molecule has 114 valence electrons. The van der Waals surface area contributed by atoms with Gasteiger partial charge in [0.15, 0.2) is 0 Å². The summed E-state index contributed by atoms with van der Waals surface area (Å²) in [7, 11) is 0.0278. The summed E-state index contributed by atoms with van der Waals surface area (Å²) in [6.45, 7) is 0. The van der Waals surface area contributed by atoms with E-state index in [1.165, 1.54) is 12.4 Å². The van der Waals surface area contributed by atoms with Gasteiger partial charge in [-0.15, -0.1) is 0 Å². The second kappa shape index (κ2) is 5.30. The molecule has 0 bridgehead atoms.